The smallest absolute Gasteiger partial charge is 0.258 e. The van der Waals surface area contributed by atoms with Crippen LogP contribution in [0.4, 0.5) is 0 Å². The summed E-state index contributed by atoms with van der Waals surface area (Å²) in [5.74, 6) is 0.611. The van der Waals surface area contributed by atoms with Gasteiger partial charge in [-0.05, 0) is 24.3 Å². The Kier molecular flexibility index (Phi) is 4.61. The van der Waals surface area contributed by atoms with Crippen molar-refractivity contribution in [2.24, 2.45) is 0 Å². The molecular weight excluding hydrogens is 238 g/mol. The van der Waals surface area contributed by atoms with Gasteiger partial charge in [0.15, 0.2) is 5.88 Å². The molecule has 0 aliphatic carbocycles. The minimum atomic E-state index is -0.0789. The molecule has 1 aromatic heterocycles. The monoisotopic (exact) mass is 259 g/mol. The highest BCUT2D eigenvalue weighted by atomic mass is 16.5. The molecule has 0 saturated carbocycles. The number of methoxy groups -OCH3 is 1. The summed E-state index contributed by atoms with van der Waals surface area (Å²) in [5.41, 5.74) is 1.04. The highest BCUT2D eigenvalue weighted by molar-refractivity contribution is 5.86. The molecule has 3 nitrogen and oxygen atoms in total. The quantitative estimate of drug-likeness (QED) is 0.804. The van der Waals surface area contributed by atoms with Crippen LogP contribution in [0.15, 0.2) is 29.1 Å². The molecule has 0 bridgehead atoms. The van der Waals surface area contributed by atoms with E-state index in [1.807, 2.05) is 24.3 Å². The van der Waals surface area contributed by atoms with Crippen LogP contribution < -0.4 is 10.3 Å². The summed E-state index contributed by atoms with van der Waals surface area (Å²) in [6, 6.07) is 7.73. The summed E-state index contributed by atoms with van der Waals surface area (Å²) in [5, 5.41) is 1.76. The number of rotatable bonds is 6. The number of fused-ring (bicyclic) bond motifs is 1. The first kappa shape index (κ1) is 13.7. The van der Waals surface area contributed by atoms with Crippen molar-refractivity contribution in [3.8, 4) is 5.88 Å². The maximum atomic E-state index is 12.0. The first-order valence-corrected chi connectivity index (χ1v) is 6.95. The van der Waals surface area contributed by atoms with Crippen LogP contribution in [0.1, 0.15) is 38.2 Å². The fraction of sp³-hybridized carbons (Fsp3) is 0.438. The van der Waals surface area contributed by atoms with Crippen LogP contribution >= 0.6 is 0 Å². The molecule has 0 amide bonds. The second kappa shape index (κ2) is 6.41. The number of aryl methyl sites for hydroxylation is 1. The van der Waals surface area contributed by atoms with Gasteiger partial charge < -0.3 is 4.74 Å². The number of hydrogen-bond donors (Lipinski definition) is 1. The molecule has 1 heterocycles. The van der Waals surface area contributed by atoms with Crippen molar-refractivity contribution in [1.82, 2.24) is 4.98 Å². The zero-order valence-electron chi connectivity index (χ0n) is 11.7. The Hall–Kier alpha value is -1.77. The number of aromatic nitrogens is 1. The number of pyridine rings is 1. The van der Waals surface area contributed by atoms with E-state index in [-0.39, 0.29) is 5.56 Å². The van der Waals surface area contributed by atoms with Crippen LogP contribution in [-0.2, 0) is 6.42 Å². The molecule has 0 fully saturated rings. The molecule has 0 unspecified atom stereocenters. The molecule has 0 radical (unpaired) electrons. The van der Waals surface area contributed by atoms with Crippen LogP contribution in [0.5, 0.6) is 5.88 Å². The summed E-state index contributed by atoms with van der Waals surface area (Å²) in [6.45, 7) is 2.20. The molecule has 0 atom stereocenters. The van der Waals surface area contributed by atoms with Crippen LogP contribution in [0.25, 0.3) is 10.8 Å². The number of H-pyrrole nitrogens is 1. The van der Waals surface area contributed by atoms with Gasteiger partial charge in [0, 0.05) is 10.9 Å². The number of nitrogens with one attached hydrogen (secondary N) is 1. The van der Waals surface area contributed by atoms with Gasteiger partial charge in [0.25, 0.3) is 5.56 Å². The van der Waals surface area contributed by atoms with E-state index in [1.165, 1.54) is 19.3 Å². The van der Waals surface area contributed by atoms with Crippen molar-refractivity contribution < 1.29 is 4.74 Å². The Morgan fingerprint density at radius 2 is 1.84 bits per heavy atom. The molecule has 0 spiro atoms. The van der Waals surface area contributed by atoms with Gasteiger partial charge in [-0.2, -0.15) is 0 Å². The van der Waals surface area contributed by atoms with E-state index in [0.29, 0.717) is 5.88 Å². The average Bonchev–Trinajstić information content (AvgIpc) is 2.45. The van der Waals surface area contributed by atoms with Crippen LogP contribution in [0, 0.1) is 0 Å². The van der Waals surface area contributed by atoms with Gasteiger partial charge in [-0.15, -0.1) is 0 Å². The maximum absolute atomic E-state index is 12.0. The third kappa shape index (κ3) is 2.98. The first-order valence-electron chi connectivity index (χ1n) is 6.95. The zero-order valence-corrected chi connectivity index (χ0v) is 11.7. The van der Waals surface area contributed by atoms with E-state index in [2.05, 4.69) is 11.9 Å². The van der Waals surface area contributed by atoms with Crippen molar-refractivity contribution in [2.75, 3.05) is 7.11 Å². The Labute approximate surface area is 113 Å². The Morgan fingerprint density at radius 3 is 2.53 bits per heavy atom. The SMILES string of the molecule is CCCCCCc1c(OC)[nH]c(=O)c2ccccc12. The second-order valence-corrected chi connectivity index (χ2v) is 4.82. The minimum absolute atomic E-state index is 0.0789. The van der Waals surface area contributed by atoms with E-state index < -0.39 is 0 Å². The van der Waals surface area contributed by atoms with Gasteiger partial charge in [-0.25, -0.2) is 0 Å². The van der Waals surface area contributed by atoms with Crippen LogP contribution in [-0.4, -0.2) is 12.1 Å². The summed E-state index contributed by atoms with van der Waals surface area (Å²) in [4.78, 5) is 14.8. The lowest BCUT2D eigenvalue weighted by Crippen LogP contribution is -2.10. The average molecular weight is 259 g/mol. The molecule has 19 heavy (non-hydrogen) atoms. The molecule has 2 rings (SSSR count). The molecule has 3 heteroatoms. The van der Waals surface area contributed by atoms with Crippen molar-refractivity contribution in [2.45, 2.75) is 39.0 Å². The van der Waals surface area contributed by atoms with E-state index in [4.69, 9.17) is 4.74 Å². The van der Waals surface area contributed by atoms with Crippen molar-refractivity contribution in [3.05, 3.63) is 40.2 Å². The molecule has 2 aromatic rings. The molecular formula is C16H21NO2. The van der Waals surface area contributed by atoms with Gasteiger partial charge in [0.1, 0.15) is 0 Å². The normalized spacial score (nSPS) is 10.8. The Balaban J connectivity index is 2.39. The lowest BCUT2D eigenvalue weighted by Gasteiger charge is -2.11. The molecule has 1 aromatic carbocycles. The molecule has 0 aliphatic rings. The Morgan fingerprint density at radius 1 is 1.11 bits per heavy atom. The molecule has 0 saturated heterocycles. The van der Waals surface area contributed by atoms with E-state index >= 15 is 0 Å². The number of hydrogen-bond acceptors (Lipinski definition) is 2. The predicted molar refractivity (Wildman–Crippen MR) is 79.0 cm³/mol. The van der Waals surface area contributed by atoms with Gasteiger partial charge in [-0.3, -0.25) is 9.78 Å². The predicted octanol–water partition coefficient (Wildman–Crippen LogP) is 3.66. The lowest BCUT2D eigenvalue weighted by molar-refractivity contribution is 0.391. The van der Waals surface area contributed by atoms with Gasteiger partial charge >= 0.3 is 0 Å². The third-order valence-electron chi connectivity index (χ3n) is 3.48. The molecule has 102 valence electrons. The molecule has 0 aliphatic heterocycles. The minimum Gasteiger partial charge on any atom is -0.482 e. The van der Waals surface area contributed by atoms with Crippen LogP contribution in [0.3, 0.4) is 0 Å². The third-order valence-corrected chi connectivity index (χ3v) is 3.48. The maximum Gasteiger partial charge on any atom is 0.258 e. The number of ether oxygens (including phenoxy) is 1. The Bertz CT molecular complexity index is 601. The van der Waals surface area contributed by atoms with E-state index in [1.54, 1.807) is 7.11 Å². The fourth-order valence-corrected chi connectivity index (χ4v) is 2.46. The number of aromatic amines is 1. The first-order chi connectivity index (χ1) is 9.27. The summed E-state index contributed by atoms with van der Waals surface area (Å²) >= 11 is 0. The van der Waals surface area contributed by atoms with Crippen LogP contribution in [0.2, 0.25) is 0 Å². The van der Waals surface area contributed by atoms with E-state index in [9.17, 15) is 4.79 Å². The van der Waals surface area contributed by atoms with E-state index in [0.717, 1.165) is 29.2 Å². The summed E-state index contributed by atoms with van der Waals surface area (Å²) in [6.07, 6.45) is 5.76. The van der Waals surface area contributed by atoms with Gasteiger partial charge in [-0.1, -0.05) is 44.4 Å². The largest absolute Gasteiger partial charge is 0.482 e. The summed E-state index contributed by atoms with van der Waals surface area (Å²) < 4.78 is 5.34. The molecule has 1 N–H and O–H groups in total. The van der Waals surface area contributed by atoms with Crippen molar-refractivity contribution in [3.63, 3.8) is 0 Å². The van der Waals surface area contributed by atoms with Crippen molar-refractivity contribution >= 4 is 10.8 Å². The lowest BCUT2D eigenvalue weighted by atomic mass is 10.0. The highest BCUT2D eigenvalue weighted by Crippen LogP contribution is 2.25. The zero-order chi connectivity index (χ0) is 13.7. The topological polar surface area (TPSA) is 42.1 Å². The van der Waals surface area contributed by atoms with Crippen molar-refractivity contribution in [1.29, 1.82) is 0 Å². The fourth-order valence-electron chi connectivity index (χ4n) is 2.46. The summed E-state index contributed by atoms with van der Waals surface area (Å²) in [7, 11) is 1.61. The number of benzene rings is 1. The van der Waals surface area contributed by atoms with Gasteiger partial charge in [0.2, 0.25) is 0 Å². The van der Waals surface area contributed by atoms with Gasteiger partial charge in [0.05, 0.1) is 7.11 Å². The highest BCUT2D eigenvalue weighted by Gasteiger charge is 2.11. The number of unbranched alkanes of at least 4 members (excludes halogenated alkanes) is 3. The second-order valence-electron chi connectivity index (χ2n) is 4.82. The standard InChI is InChI=1S/C16H21NO2/c1-3-4-5-6-11-14-12-9-7-8-10-13(12)15(18)17-16(14)19-2/h7-10H,3-6,11H2,1-2H3,(H,17,18).